The summed E-state index contributed by atoms with van der Waals surface area (Å²) >= 11 is 0. The quantitative estimate of drug-likeness (QED) is 0.335. The van der Waals surface area contributed by atoms with Crippen LogP contribution in [0, 0.1) is 5.92 Å². The summed E-state index contributed by atoms with van der Waals surface area (Å²) in [6, 6.07) is 0.561. The molecule has 0 aromatic carbocycles. The summed E-state index contributed by atoms with van der Waals surface area (Å²) in [5.41, 5.74) is 5.91. The van der Waals surface area contributed by atoms with E-state index in [2.05, 4.69) is 24.2 Å². The van der Waals surface area contributed by atoms with Crippen molar-refractivity contribution in [3.63, 3.8) is 0 Å². The SMILES string of the molecule is CC(C)CCCN=C(N)NC1CCCCCC1. The summed E-state index contributed by atoms with van der Waals surface area (Å²) in [5, 5.41) is 3.37. The van der Waals surface area contributed by atoms with E-state index in [1.165, 1.54) is 44.9 Å². The second-order valence-corrected chi connectivity index (χ2v) is 5.64. The smallest absolute Gasteiger partial charge is 0.188 e. The number of aliphatic imine (C=N–C) groups is 1. The molecule has 0 radical (unpaired) electrons. The molecule has 1 saturated carbocycles. The van der Waals surface area contributed by atoms with Gasteiger partial charge in [0.05, 0.1) is 0 Å². The number of nitrogens with two attached hydrogens (primary N) is 1. The van der Waals surface area contributed by atoms with Crippen LogP contribution in [-0.4, -0.2) is 18.5 Å². The molecular weight excluding hydrogens is 210 g/mol. The number of rotatable bonds is 5. The maximum absolute atomic E-state index is 5.91. The number of guanidine groups is 1. The van der Waals surface area contributed by atoms with Crippen molar-refractivity contribution >= 4 is 5.96 Å². The van der Waals surface area contributed by atoms with E-state index >= 15 is 0 Å². The number of nitrogens with zero attached hydrogens (tertiary/aromatic N) is 1. The molecule has 0 amide bonds. The van der Waals surface area contributed by atoms with E-state index in [1.54, 1.807) is 0 Å². The molecular formula is C14H29N3. The molecule has 1 fully saturated rings. The standard InChI is InChI=1S/C14H29N3/c1-12(2)8-7-11-16-14(15)17-13-9-5-3-4-6-10-13/h12-13H,3-11H2,1-2H3,(H3,15,16,17). The summed E-state index contributed by atoms with van der Waals surface area (Å²) in [6.45, 7) is 5.36. The van der Waals surface area contributed by atoms with E-state index in [4.69, 9.17) is 5.73 Å². The highest BCUT2D eigenvalue weighted by Crippen LogP contribution is 2.16. The Morgan fingerprint density at radius 2 is 1.88 bits per heavy atom. The van der Waals surface area contributed by atoms with Crippen LogP contribution in [0.3, 0.4) is 0 Å². The number of nitrogens with one attached hydrogen (secondary N) is 1. The highest BCUT2D eigenvalue weighted by atomic mass is 15.1. The Morgan fingerprint density at radius 1 is 1.24 bits per heavy atom. The molecule has 0 unspecified atom stereocenters. The Morgan fingerprint density at radius 3 is 2.47 bits per heavy atom. The van der Waals surface area contributed by atoms with Crippen molar-refractivity contribution in [2.75, 3.05) is 6.54 Å². The molecule has 17 heavy (non-hydrogen) atoms. The Hall–Kier alpha value is -0.730. The fourth-order valence-corrected chi connectivity index (χ4v) is 2.38. The third kappa shape index (κ3) is 7.24. The van der Waals surface area contributed by atoms with Crippen LogP contribution in [0.25, 0.3) is 0 Å². The molecule has 0 aliphatic heterocycles. The van der Waals surface area contributed by atoms with Crippen molar-refractivity contribution in [1.29, 1.82) is 0 Å². The fraction of sp³-hybridized carbons (Fsp3) is 0.929. The van der Waals surface area contributed by atoms with Gasteiger partial charge in [0, 0.05) is 12.6 Å². The maximum Gasteiger partial charge on any atom is 0.188 e. The van der Waals surface area contributed by atoms with Gasteiger partial charge in [-0.05, 0) is 31.6 Å². The highest BCUT2D eigenvalue weighted by molar-refractivity contribution is 5.78. The van der Waals surface area contributed by atoms with Gasteiger partial charge in [-0.25, -0.2) is 0 Å². The molecule has 3 heteroatoms. The summed E-state index contributed by atoms with van der Waals surface area (Å²) in [5.74, 6) is 1.42. The monoisotopic (exact) mass is 239 g/mol. The molecule has 0 aromatic heterocycles. The van der Waals surface area contributed by atoms with Crippen LogP contribution >= 0.6 is 0 Å². The largest absolute Gasteiger partial charge is 0.370 e. The van der Waals surface area contributed by atoms with Crippen molar-refractivity contribution in [3.8, 4) is 0 Å². The van der Waals surface area contributed by atoms with Crippen LogP contribution in [0.15, 0.2) is 4.99 Å². The first-order valence-electron chi connectivity index (χ1n) is 7.25. The zero-order valence-corrected chi connectivity index (χ0v) is 11.5. The topological polar surface area (TPSA) is 50.4 Å². The average Bonchev–Trinajstić information content (AvgIpc) is 2.53. The molecule has 0 bridgehead atoms. The molecule has 0 heterocycles. The maximum atomic E-state index is 5.91. The number of hydrogen-bond acceptors (Lipinski definition) is 1. The molecule has 0 saturated heterocycles. The van der Waals surface area contributed by atoms with Gasteiger partial charge in [-0.1, -0.05) is 39.5 Å². The molecule has 3 nitrogen and oxygen atoms in total. The van der Waals surface area contributed by atoms with E-state index in [0.29, 0.717) is 12.0 Å². The minimum atomic E-state index is 0.561. The summed E-state index contributed by atoms with van der Waals surface area (Å²) in [6.07, 6.45) is 10.3. The normalized spacial score (nSPS) is 19.4. The second-order valence-electron chi connectivity index (χ2n) is 5.64. The first kappa shape index (κ1) is 14.3. The van der Waals surface area contributed by atoms with Crippen molar-refractivity contribution in [2.24, 2.45) is 16.6 Å². The molecule has 0 aromatic rings. The molecule has 1 aliphatic carbocycles. The van der Waals surface area contributed by atoms with Crippen molar-refractivity contribution < 1.29 is 0 Å². The van der Waals surface area contributed by atoms with E-state index in [0.717, 1.165) is 18.9 Å². The van der Waals surface area contributed by atoms with Crippen molar-refractivity contribution in [3.05, 3.63) is 0 Å². The zero-order valence-electron chi connectivity index (χ0n) is 11.5. The molecule has 1 aliphatic rings. The molecule has 1 rings (SSSR count). The highest BCUT2D eigenvalue weighted by Gasteiger charge is 2.11. The van der Waals surface area contributed by atoms with Crippen LogP contribution in [0.2, 0.25) is 0 Å². The van der Waals surface area contributed by atoms with Crippen LogP contribution in [-0.2, 0) is 0 Å². The lowest BCUT2D eigenvalue weighted by Gasteiger charge is -2.16. The first-order chi connectivity index (χ1) is 8.18. The van der Waals surface area contributed by atoms with Crippen LogP contribution < -0.4 is 11.1 Å². The summed E-state index contributed by atoms with van der Waals surface area (Å²) in [7, 11) is 0. The lowest BCUT2D eigenvalue weighted by molar-refractivity contribution is 0.527. The predicted molar refractivity (Wildman–Crippen MR) is 75.2 cm³/mol. The molecule has 100 valence electrons. The van der Waals surface area contributed by atoms with E-state index in [9.17, 15) is 0 Å². The van der Waals surface area contributed by atoms with E-state index < -0.39 is 0 Å². The van der Waals surface area contributed by atoms with Gasteiger partial charge in [0.2, 0.25) is 0 Å². The third-order valence-electron chi connectivity index (χ3n) is 3.43. The van der Waals surface area contributed by atoms with Gasteiger partial charge >= 0.3 is 0 Å². The van der Waals surface area contributed by atoms with Gasteiger partial charge in [-0.3, -0.25) is 4.99 Å². The van der Waals surface area contributed by atoms with Crippen LogP contribution in [0.4, 0.5) is 0 Å². The Labute approximate surface area is 106 Å². The molecule has 0 atom stereocenters. The van der Waals surface area contributed by atoms with Gasteiger partial charge in [0.25, 0.3) is 0 Å². The molecule has 0 spiro atoms. The summed E-state index contributed by atoms with van der Waals surface area (Å²) in [4.78, 5) is 4.40. The Bertz CT molecular complexity index is 216. The van der Waals surface area contributed by atoms with Gasteiger partial charge in [0.15, 0.2) is 5.96 Å². The third-order valence-corrected chi connectivity index (χ3v) is 3.43. The lowest BCUT2D eigenvalue weighted by Crippen LogP contribution is -2.39. The summed E-state index contributed by atoms with van der Waals surface area (Å²) < 4.78 is 0. The molecule has 3 N–H and O–H groups in total. The van der Waals surface area contributed by atoms with Crippen molar-refractivity contribution in [1.82, 2.24) is 5.32 Å². The van der Waals surface area contributed by atoms with Crippen LogP contribution in [0.1, 0.15) is 65.2 Å². The minimum Gasteiger partial charge on any atom is -0.370 e. The Balaban J connectivity index is 2.17. The average molecular weight is 239 g/mol. The number of hydrogen-bond donors (Lipinski definition) is 2. The first-order valence-corrected chi connectivity index (χ1v) is 7.25. The van der Waals surface area contributed by atoms with E-state index in [-0.39, 0.29) is 0 Å². The van der Waals surface area contributed by atoms with E-state index in [1.807, 2.05) is 0 Å². The van der Waals surface area contributed by atoms with Gasteiger partial charge in [0.1, 0.15) is 0 Å². The predicted octanol–water partition coefficient (Wildman–Crippen LogP) is 3.05. The zero-order chi connectivity index (χ0) is 12.5. The van der Waals surface area contributed by atoms with Gasteiger partial charge in [-0.2, -0.15) is 0 Å². The lowest BCUT2D eigenvalue weighted by atomic mass is 10.1. The second kappa shape index (κ2) is 8.37. The van der Waals surface area contributed by atoms with Gasteiger partial charge < -0.3 is 11.1 Å². The van der Waals surface area contributed by atoms with Gasteiger partial charge in [-0.15, -0.1) is 0 Å². The van der Waals surface area contributed by atoms with Crippen molar-refractivity contribution in [2.45, 2.75) is 71.3 Å². The van der Waals surface area contributed by atoms with Crippen LogP contribution in [0.5, 0.6) is 0 Å². The Kier molecular flexibility index (Phi) is 7.06. The minimum absolute atomic E-state index is 0.561. The fourth-order valence-electron chi connectivity index (χ4n) is 2.38.